The Morgan fingerprint density at radius 3 is 1.69 bits per heavy atom. The Morgan fingerprint density at radius 1 is 0.690 bits per heavy atom. The molecule has 0 aromatic heterocycles. The van der Waals surface area contributed by atoms with Crippen LogP contribution < -0.4 is 10.0 Å². The van der Waals surface area contributed by atoms with Crippen LogP contribution in [0.5, 0.6) is 0 Å². The molecule has 2 aromatic rings. The van der Waals surface area contributed by atoms with Crippen molar-refractivity contribution in [1.29, 1.82) is 0 Å². The SMILES string of the molecule is CN1CCN(C)CC(C)(C2CC3(c4ccccc4)CC(C4(C)CN(C)CCN(C)C4)N[N+](c4ccccc4)(C2)C3=O)C1. The molecule has 7 heteroatoms. The van der Waals surface area contributed by atoms with Crippen molar-refractivity contribution in [1.82, 2.24) is 29.6 Å². The number of likely N-dealkylation sites (N-methyl/N-ethyl adjacent to an activating group) is 4. The summed E-state index contributed by atoms with van der Waals surface area (Å²) in [6, 6.07) is 21.7. The van der Waals surface area contributed by atoms with Gasteiger partial charge in [-0.2, -0.15) is 10.0 Å². The normalized spacial score (nSPS) is 35.0. The number of quaternary nitrogens is 1. The van der Waals surface area contributed by atoms with Crippen LogP contribution in [0.4, 0.5) is 5.69 Å². The van der Waals surface area contributed by atoms with Crippen molar-refractivity contribution >= 4 is 11.6 Å². The van der Waals surface area contributed by atoms with Crippen molar-refractivity contribution in [2.45, 2.75) is 38.1 Å². The summed E-state index contributed by atoms with van der Waals surface area (Å²) < 4.78 is 0.233. The van der Waals surface area contributed by atoms with E-state index in [1.54, 1.807) is 0 Å². The maximum atomic E-state index is 15.4. The van der Waals surface area contributed by atoms with Crippen LogP contribution in [-0.4, -0.2) is 119 Å². The highest BCUT2D eigenvalue weighted by Crippen LogP contribution is 2.54. The summed E-state index contributed by atoms with van der Waals surface area (Å²) in [6.07, 6.45) is 1.74. The lowest BCUT2D eigenvalue weighted by Crippen LogP contribution is -2.82. The van der Waals surface area contributed by atoms with Gasteiger partial charge in [0.15, 0.2) is 5.69 Å². The van der Waals surface area contributed by atoms with Crippen LogP contribution in [0.2, 0.25) is 0 Å². The van der Waals surface area contributed by atoms with Crippen molar-refractivity contribution < 1.29 is 4.79 Å². The highest BCUT2D eigenvalue weighted by atomic mass is 16.2. The van der Waals surface area contributed by atoms with E-state index in [9.17, 15) is 0 Å². The fourth-order valence-electron chi connectivity index (χ4n) is 9.30. The van der Waals surface area contributed by atoms with Gasteiger partial charge in [0.25, 0.3) is 0 Å². The number of carbonyl (C=O) groups is 1. The van der Waals surface area contributed by atoms with E-state index in [0.29, 0.717) is 11.8 Å². The molecule has 7 nitrogen and oxygen atoms in total. The average Bonchev–Trinajstić information content (AvgIpc) is 3.18. The van der Waals surface area contributed by atoms with Gasteiger partial charge in [0.1, 0.15) is 12.0 Å². The summed E-state index contributed by atoms with van der Waals surface area (Å²) in [7, 11) is 9.07. The molecule has 4 heterocycles. The van der Waals surface area contributed by atoms with Crippen molar-refractivity contribution in [3.63, 3.8) is 0 Å². The molecule has 0 saturated carbocycles. The maximum absolute atomic E-state index is 15.4. The zero-order valence-corrected chi connectivity index (χ0v) is 26.9. The van der Waals surface area contributed by atoms with Crippen LogP contribution >= 0.6 is 0 Å². The molecule has 4 atom stereocenters. The lowest BCUT2D eigenvalue weighted by molar-refractivity contribution is -0.161. The number of para-hydroxylation sites is 1. The Labute approximate surface area is 254 Å². The molecule has 0 spiro atoms. The molecule has 6 rings (SSSR count). The second-order valence-corrected chi connectivity index (χ2v) is 15.1. The first kappa shape index (κ1) is 29.9. The predicted octanol–water partition coefficient (Wildman–Crippen LogP) is 3.52. The predicted molar refractivity (Wildman–Crippen MR) is 172 cm³/mol. The molecule has 228 valence electrons. The molecular formula is C35H53N6O+. The van der Waals surface area contributed by atoms with Crippen LogP contribution in [-0.2, 0) is 10.2 Å². The molecule has 1 amide bonds. The lowest BCUT2D eigenvalue weighted by Gasteiger charge is -2.60. The third-order valence-corrected chi connectivity index (χ3v) is 11.4. The van der Waals surface area contributed by atoms with Gasteiger partial charge >= 0.3 is 5.91 Å². The van der Waals surface area contributed by atoms with E-state index in [-0.39, 0.29) is 21.5 Å². The first-order valence-electron chi connectivity index (χ1n) is 16.0. The van der Waals surface area contributed by atoms with E-state index in [0.717, 1.165) is 77.4 Å². The van der Waals surface area contributed by atoms with Crippen molar-refractivity contribution in [3.8, 4) is 0 Å². The third-order valence-electron chi connectivity index (χ3n) is 11.4. The van der Waals surface area contributed by atoms with E-state index in [4.69, 9.17) is 0 Å². The Hall–Kier alpha value is -2.13. The number of amides is 1. The molecule has 4 unspecified atom stereocenters. The Bertz CT molecular complexity index is 1120. The van der Waals surface area contributed by atoms with Gasteiger partial charge in [-0.25, -0.2) is 4.79 Å². The number of hydrogen-bond donors (Lipinski definition) is 1. The second kappa shape index (κ2) is 11.1. The van der Waals surface area contributed by atoms with E-state index < -0.39 is 5.41 Å². The molecular weight excluding hydrogens is 520 g/mol. The highest BCUT2D eigenvalue weighted by molar-refractivity contribution is 5.98. The van der Waals surface area contributed by atoms with E-state index in [1.165, 1.54) is 5.56 Å². The molecule has 42 heavy (non-hydrogen) atoms. The zero-order chi connectivity index (χ0) is 29.8. The van der Waals surface area contributed by atoms with Crippen LogP contribution in [0.3, 0.4) is 0 Å². The molecule has 0 aliphatic carbocycles. The largest absolute Gasteiger partial charge is 0.348 e. The number of carbonyl (C=O) groups excluding carboxylic acids is 1. The summed E-state index contributed by atoms with van der Waals surface area (Å²) in [5.41, 5.74) is 5.93. The van der Waals surface area contributed by atoms with Gasteiger partial charge in [0.05, 0.1) is 6.04 Å². The first-order valence-corrected chi connectivity index (χ1v) is 16.0. The number of rotatable bonds is 4. The molecule has 4 saturated heterocycles. The van der Waals surface area contributed by atoms with Gasteiger partial charge in [0, 0.05) is 81.2 Å². The minimum Gasteiger partial charge on any atom is -0.304 e. The van der Waals surface area contributed by atoms with Gasteiger partial charge < -0.3 is 19.6 Å². The number of fused-ring (bicyclic) bond motifs is 2. The molecule has 2 aromatic carbocycles. The molecule has 4 aliphatic rings. The molecule has 0 radical (unpaired) electrons. The van der Waals surface area contributed by atoms with Crippen molar-refractivity contribution in [3.05, 3.63) is 66.2 Å². The Balaban J connectivity index is 1.53. The lowest BCUT2D eigenvalue weighted by atomic mass is 9.57. The average molecular weight is 574 g/mol. The van der Waals surface area contributed by atoms with Crippen LogP contribution in [0.25, 0.3) is 0 Å². The topological polar surface area (TPSA) is 42.1 Å². The summed E-state index contributed by atoms with van der Waals surface area (Å²) in [4.78, 5) is 25.4. The first-order chi connectivity index (χ1) is 20.0. The third kappa shape index (κ3) is 5.16. The van der Waals surface area contributed by atoms with Crippen LogP contribution in [0.15, 0.2) is 60.7 Å². The maximum Gasteiger partial charge on any atom is 0.348 e. The number of hydrogen-bond acceptors (Lipinski definition) is 6. The number of benzene rings is 2. The van der Waals surface area contributed by atoms with Crippen LogP contribution in [0.1, 0.15) is 32.3 Å². The Morgan fingerprint density at radius 2 is 1.17 bits per heavy atom. The molecule has 4 fully saturated rings. The standard InChI is InChI=1S/C35H53N6O/c1-33(24-37(3)17-18-38(4)25-33)29-21-35(28-13-9-7-10-14-28)22-31(34(2)26-39(5)19-20-40(6)27-34)36-41(23-29,32(35)42)30-15-11-8-12-16-30/h7-16,29,31,36H,17-27H2,1-6H3/q+1. The van der Waals surface area contributed by atoms with Gasteiger partial charge in [-0.05, 0) is 46.6 Å². The van der Waals surface area contributed by atoms with Crippen molar-refractivity contribution in [2.24, 2.45) is 16.7 Å². The van der Waals surface area contributed by atoms with Crippen LogP contribution in [0, 0.1) is 16.7 Å². The van der Waals surface area contributed by atoms with Gasteiger partial charge in [-0.3, -0.25) is 0 Å². The zero-order valence-electron chi connectivity index (χ0n) is 26.9. The van der Waals surface area contributed by atoms with Gasteiger partial charge in [-0.15, -0.1) is 0 Å². The molecule has 2 bridgehead atoms. The van der Waals surface area contributed by atoms with Gasteiger partial charge in [0.2, 0.25) is 0 Å². The number of piperidine rings is 1. The second-order valence-electron chi connectivity index (χ2n) is 15.1. The summed E-state index contributed by atoms with van der Waals surface area (Å²) in [5, 5.41) is 0. The smallest absolute Gasteiger partial charge is 0.304 e. The highest BCUT2D eigenvalue weighted by Gasteiger charge is 2.68. The summed E-state index contributed by atoms with van der Waals surface area (Å²) in [6.45, 7) is 14.2. The van der Waals surface area contributed by atoms with Gasteiger partial charge in [-0.1, -0.05) is 62.4 Å². The van der Waals surface area contributed by atoms with Crippen molar-refractivity contribution in [2.75, 3.05) is 87.1 Å². The fraction of sp³-hybridized carbons (Fsp3) is 0.629. The monoisotopic (exact) mass is 573 g/mol. The molecule has 1 N–H and O–H groups in total. The van der Waals surface area contributed by atoms with E-state index >= 15 is 4.79 Å². The summed E-state index contributed by atoms with van der Waals surface area (Å²) in [5.74, 6) is 0.685. The molecule has 4 aliphatic heterocycles. The number of nitrogens with one attached hydrogen (secondary N) is 1. The minimum atomic E-state index is -0.561. The van der Waals surface area contributed by atoms with E-state index in [1.807, 2.05) is 0 Å². The fourth-order valence-corrected chi connectivity index (χ4v) is 9.30. The summed E-state index contributed by atoms with van der Waals surface area (Å²) >= 11 is 0. The Kier molecular flexibility index (Phi) is 7.91. The quantitative estimate of drug-likeness (QED) is 0.565. The minimum absolute atomic E-state index is 0.0154. The van der Waals surface area contributed by atoms with E-state index in [2.05, 4.69) is 128 Å². The number of nitrogens with zero attached hydrogens (tertiary/aromatic N) is 5.